The standard InChI is InChI=1S/C20H20Cl2N2O3S/c1-23(2)8-4-9-24-17(12-6-7-13(21)14(22)11-12)16(19(26)20(24)27)18(25)15-5-3-10-28-15/h3,5-7,10-11,16-17H,4,8-9H2,1-2H3. The van der Waals surface area contributed by atoms with Gasteiger partial charge in [-0.15, -0.1) is 11.3 Å². The van der Waals surface area contributed by atoms with Crippen LogP contribution in [0.4, 0.5) is 0 Å². The largest absolute Gasteiger partial charge is 0.328 e. The Kier molecular flexibility index (Phi) is 6.55. The van der Waals surface area contributed by atoms with E-state index in [1.165, 1.54) is 16.2 Å². The number of nitrogens with zero attached hydrogens (tertiary/aromatic N) is 2. The molecule has 28 heavy (non-hydrogen) atoms. The third-order valence-electron chi connectivity index (χ3n) is 4.74. The number of thiophene rings is 1. The summed E-state index contributed by atoms with van der Waals surface area (Å²) < 4.78 is 0. The summed E-state index contributed by atoms with van der Waals surface area (Å²) in [4.78, 5) is 42.6. The van der Waals surface area contributed by atoms with Crippen LogP contribution in [0.2, 0.25) is 10.0 Å². The Morgan fingerprint density at radius 1 is 1.18 bits per heavy atom. The van der Waals surface area contributed by atoms with Gasteiger partial charge < -0.3 is 9.80 Å². The first-order valence-corrected chi connectivity index (χ1v) is 10.5. The zero-order valence-corrected chi connectivity index (χ0v) is 17.9. The number of likely N-dealkylation sites (tertiary alicyclic amines) is 1. The average molecular weight is 439 g/mol. The lowest BCUT2D eigenvalue weighted by Gasteiger charge is -2.27. The van der Waals surface area contributed by atoms with Crippen LogP contribution in [-0.2, 0) is 9.59 Å². The molecular formula is C20H20Cl2N2O3S. The zero-order chi connectivity index (χ0) is 20.4. The van der Waals surface area contributed by atoms with Crippen molar-refractivity contribution in [1.29, 1.82) is 0 Å². The van der Waals surface area contributed by atoms with E-state index in [1.807, 2.05) is 19.0 Å². The fourth-order valence-corrected chi connectivity index (χ4v) is 4.44. The quantitative estimate of drug-likeness (QED) is 0.372. The molecule has 8 heteroatoms. The summed E-state index contributed by atoms with van der Waals surface area (Å²) in [5.41, 5.74) is 0.633. The number of halogens is 2. The third kappa shape index (κ3) is 4.15. The van der Waals surface area contributed by atoms with Crippen LogP contribution in [0.3, 0.4) is 0 Å². The van der Waals surface area contributed by atoms with Crippen molar-refractivity contribution < 1.29 is 14.4 Å². The molecule has 0 spiro atoms. The second kappa shape index (κ2) is 8.74. The lowest BCUT2D eigenvalue weighted by atomic mass is 9.88. The predicted octanol–water partition coefficient (Wildman–Crippen LogP) is 3.96. The van der Waals surface area contributed by atoms with Gasteiger partial charge in [0.15, 0.2) is 5.78 Å². The second-order valence-electron chi connectivity index (χ2n) is 6.96. The van der Waals surface area contributed by atoms with Crippen LogP contribution in [0.15, 0.2) is 35.7 Å². The molecule has 5 nitrogen and oxygen atoms in total. The van der Waals surface area contributed by atoms with Gasteiger partial charge in [0.25, 0.3) is 5.91 Å². The topological polar surface area (TPSA) is 57.7 Å². The van der Waals surface area contributed by atoms with Gasteiger partial charge in [-0.2, -0.15) is 0 Å². The molecule has 0 saturated carbocycles. The molecule has 2 atom stereocenters. The monoisotopic (exact) mass is 438 g/mol. The highest BCUT2D eigenvalue weighted by atomic mass is 35.5. The summed E-state index contributed by atoms with van der Waals surface area (Å²) >= 11 is 13.5. The summed E-state index contributed by atoms with van der Waals surface area (Å²) in [7, 11) is 3.88. The van der Waals surface area contributed by atoms with Gasteiger partial charge >= 0.3 is 0 Å². The summed E-state index contributed by atoms with van der Waals surface area (Å²) in [5.74, 6) is -2.70. The Hall–Kier alpha value is -1.73. The van der Waals surface area contributed by atoms with Crippen molar-refractivity contribution in [3.63, 3.8) is 0 Å². The molecule has 0 N–H and O–H groups in total. The number of Topliss-reactive ketones (excluding diaryl/α,β-unsaturated/α-hetero) is 2. The second-order valence-corrected chi connectivity index (χ2v) is 8.72. The van der Waals surface area contributed by atoms with E-state index < -0.39 is 23.7 Å². The van der Waals surface area contributed by atoms with Crippen LogP contribution in [0, 0.1) is 5.92 Å². The number of benzene rings is 1. The van der Waals surface area contributed by atoms with Gasteiger partial charge in [-0.3, -0.25) is 14.4 Å². The molecule has 1 aliphatic rings. The van der Waals surface area contributed by atoms with Gasteiger partial charge in [-0.1, -0.05) is 35.3 Å². The van der Waals surface area contributed by atoms with E-state index in [2.05, 4.69) is 0 Å². The third-order valence-corrected chi connectivity index (χ3v) is 6.37. The molecule has 1 aromatic heterocycles. The molecule has 2 unspecified atom stereocenters. The molecular weight excluding hydrogens is 419 g/mol. The summed E-state index contributed by atoms with van der Waals surface area (Å²) in [5, 5.41) is 2.47. The van der Waals surface area contributed by atoms with Gasteiger partial charge in [0, 0.05) is 6.54 Å². The van der Waals surface area contributed by atoms with Crippen molar-refractivity contribution in [3.05, 3.63) is 56.2 Å². The predicted molar refractivity (Wildman–Crippen MR) is 111 cm³/mol. The Morgan fingerprint density at radius 2 is 1.93 bits per heavy atom. The maximum absolute atomic E-state index is 13.1. The van der Waals surface area contributed by atoms with Crippen LogP contribution in [0.1, 0.15) is 27.7 Å². The maximum atomic E-state index is 13.1. The van der Waals surface area contributed by atoms with Gasteiger partial charge in [0.1, 0.15) is 5.92 Å². The highest BCUT2D eigenvalue weighted by Crippen LogP contribution is 2.40. The molecule has 1 fully saturated rings. The van der Waals surface area contributed by atoms with Crippen molar-refractivity contribution in [1.82, 2.24) is 9.80 Å². The van der Waals surface area contributed by atoms with Crippen LogP contribution in [0.5, 0.6) is 0 Å². The fraction of sp³-hybridized carbons (Fsp3) is 0.350. The van der Waals surface area contributed by atoms with E-state index in [1.54, 1.807) is 35.7 Å². The molecule has 0 bridgehead atoms. The van der Waals surface area contributed by atoms with E-state index in [4.69, 9.17) is 23.2 Å². The van der Waals surface area contributed by atoms with Crippen molar-refractivity contribution in [2.45, 2.75) is 12.5 Å². The number of amides is 1. The number of rotatable bonds is 7. The van der Waals surface area contributed by atoms with Crippen LogP contribution >= 0.6 is 34.5 Å². The molecule has 0 radical (unpaired) electrons. The highest BCUT2D eigenvalue weighted by molar-refractivity contribution is 7.12. The minimum Gasteiger partial charge on any atom is -0.328 e. The van der Waals surface area contributed by atoms with Crippen LogP contribution < -0.4 is 0 Å². The maximum Gasteiger partial charge on any atom is 0.291 e. The van der Waals surface area contributed by atoms with Crippen LogP contribution in [0.25, 0.3) is 0 Å². The van der Waals surface area contributed by atoms with E-state index in [0.29, 0.717) is 33.5 Å². The number of ketones is 2. The molecule has 1 saturated heterocycles. The van der Waals surface area contributed by atoms with Gasteiger partial charge in [-0.05, 0) is 56.2 Å². The van der Waals surface area contributed by atoms with Crippen molar-refractivity contribution in [2.24, 2.45) is 5.92 Å². The van der Waals surface area contributed by atoms with E-state index in [0.717, 1.165) is 6.54 Å². The number of hydrogen-bond acceptors (Lipinski definition) is 5. The first kappa shape index (κ1) is 21.0. The van der Waals surface area contributed by atoms with Crippen molar-refractivity contribution in [3.8, 4) is 0 Å². The van der Waals surface area contributed by atoms with E-state index in [9.17, 15) is 14.4 Å². The molecule has 1 amide bonds. The Bertz CT molecular complexity index is 899. The first-order chi connectivity index (χ1) is 13.3. The van der Waals surface area contributed by atoms with Crippen molar-refractivity contribution >= 4 is 52.0 Å². The SMILES string of the molecule is CN(C)CCCN1C(=O)C(=O)C(C(=O)c2cccs2)C1c1ccc(Cl)c(Cl)c1. The Labute approximate surface area is 177 Å². The van der Waals surface area contributed by atoms with Gasteiger partial charge in [0.05, 0.1) is 21.0 Å². The Balaban J connectivity index is 2.00. The molecule has 1 aromatic carbocycles. The van der Waals surface area contributed by atoms with Crippen LogP contribution in [-0.4, -0.2) is 54.5 Å². The summed E-state index contributed by atoms with van der Waals surface area (Å²) in [6.07, 6.45) is 0.684. The summed E-state index contributed by atoms with van der Waals surface area (Å²) in [6, 6.07) is 7.71. The Morgan fingerprint density at radius 3 is 2.54 bits per heavy atom. The van der Waals surface area contributed by atoms with Gasteiger partial charge in [-0.25, -0.2) is 0 Å². The number of carbonyl (C=O) groups excluding carboxylic acids is 3. The summed E-state index contributed by atoms with van der Waals surface area (Å²) in [6.45, 7) is 1.14. The van der Waals surface area contributed by atoms with E-state index in [-0.39, 0.29) is 5.78 Å². The molecule has 0 aliphatic carbocycles. The van der Waals surface area contributed by atoms with Gasteiger partial charge in [0.2, 0.25) is 5.78 Å². The molecule has 2 aromatic rings. The minimum absolute atomic E-state index is 0.321. The normalized spacial score (nSPS) is 19.7. The number of hydrogen-bond donors (Lipinski definition) is 0. The lowest BCUT2D eigenvalue weighted by molar-refractivity contribution is -0.140. The highest BCUT2D eigenvalue weighted by Gasteiger charge is 2.51. The average Bonchev–Trinajstić information content (AvgIpc) is 3.26. The van der Waals surface area contributed by atoms with E-state index >= 15 is 0 Å². The lowest BCUT2D eigenvalue weighted by Crippen LogP contribution is -2.33. The molecule has 2 heterocycles. The first-order valence-electron chi connectivity index (χ1n) is 8.83. The molecule has 148 valence electrons. The molecule has 3 rings (SSSR count). The molecule has 1 aliphatic heterocycles. The minimum atomic E-state index is -1.08. The smallest absolute Gasteiger partial charge is 0.291 e. The fourth-order valence-electron chi connectivity index (χ4n) is 3.43. The van der Waals surface area contributed by atoms with Crippen molar-refractivity contribution in [2.75, 3.05) is 27.2 Å². The zero-order valence-electron chi connectivity index (χ0n) is 15.5. The number of carbonyl (C=O) groups is 3.